The Balaban J connectivity index is 0.0000102. The molecular formula is C107H94B2IrN3O4. The van der Waals surface area contributed by atoms with Gasteiger partial charge in [-0.15, -0.1) is 71.3 Å². The summed E-state index contributed by atoms with van der Waals surface area (Å²) in [5.74, 6) is 0. The maximum Gasteiger partial charge on any atom is 3.00 e. The number of benzene rings is 12. The number of aromatic nitrogens is 3. The largest absolute Gasteiger partial charge is 3.00 e. The fourth-order valence-electron chi connectivity index (χ4n) is 16.0. The van der Waals surface area contributed by atoms with Gasteiger partial charge in [0.05, 0.1) is 22.4 Å². The molecule has 0 saturated carbocycles. The summed E-state index contributed by atoms with van der Waals surface area (Å²) >= 11 is 0. The van der Waals surface area contributed by atoms with Crippen LogP contribution in [0.2, 0.25) is 0 Å². The molecule has 2 aliphatic rings. The second-order valence-electron chi connectivity index (χ2n) is 35.0. The molecule has 17 rings (SSSR count). The van der Waals surface area contributed by atoms with Crippen LogP contribution in [0.4, 0.5) is 0 Å². The minimum absolute atomic E-state index is 0. The van der Waals surface area contributed by atoms with Crippen molar-refractivity contribution in [1.29, 1.82) is 0 Å². The molecule has 117 heavy (non-hydrogen) atoms. The van der Waals surface area contributed by atoms with Gasteiger partial charge in [0.2, 0.25) is 0 Å². The molecule has 12 aromatic carbocycles. The van der Waals surface area contributed by atoms with E-state index in [-0.39, 0.29) is 30.9 Å². The molecule has 0 spiro atoms. The van der Waals surface area contributed by atoms with E-state index in [0.717, 1.165) is 167 Å². The summed E-state index contributed by atoms with van der Waals surface area (Å²) in [5.41, 5.74) is 30.6. The molecule has 2 fully saturated rings. The van der Waals surface area contributed by atoms with Crippen molar-refractivity contribution in [3.8, 4) is 156 Å². The predicted octanol–water partition coefficient (Wildman–Crippen LogP) is 25.8. The summed E-state index contributed by atoms with van der Waals surface area (Å²) in [5, 5.41) is 0. The van der Waals surface area contributed by atoms with Crippen molar-refractivity contribution in [2.45, 2.75) is 130 Å². The van der Waals surface area contributed by atoms with E-state index < -0.39 is 36.6 Å². The summed E-state index contributed by atoms with van der Waals surface area (Å²) in [7, 11) is -1.03. The zero-order valence-electron chi connectivity index (χ0n) is 69.0. The molecule has 0 unspecified atom stereocenters. The van der Waals surface area contributed by atoms with Gasteiger partial charge in [0.15, 0.2) is 0 Å². The minimum Gasteiger partial charge on any atom is -0.399 e. The van der Waals surface area contributed by atoms with Crippen LogP contribution < -0.4 is 10.9 Å². The molecule has 7 nitrogen and oxygen atoms in total. The molecular weight excluding hydrogens is 1610 g/mol. The zero-order valence-corrected chi connectivity index (χ0v) is 71.4. The van der Waals surface area contributed by atoms with Gasteiger partial charge in [-0.2, -0.15) is 0 Å². The van der Waals surface area contributed by atoms with E-state index >= 15 is 0 Å². The van der Waals surface area contributed by atoms with Gasteiger partial charge >= 0.3 is 34.3 Å². The molecule has 3 aromatic heterocycles. The van der Waals surface area contributed by atoms with Crippen molar-refractivity contribution >= 4 is 25.2 Å². The average molecular weight is 1700 g/mol. The minimum atomic E-state index is -0.513. The third-order valence-corrected chi connectivity index (χ3v) is 24.0. The van der Waals surface area contributed by atoms with Crippen molar-refractivity contribution in [3.63, 3.8) is 0 Å². The summed E-state index contributed by atoms with van der Waals surface area (Å²) in [6.45, 7) is 30.3. The molecule has 0 amide bonds. The Morgan fingerprint density at radius 3 is 0.915 bits per heavy atom. The fraction of sp³-hybridized carbons (Fsp3) is 0.187. The molecule has 10 heteroatoms. The average Bonchev–Trinajstić information content (AvgIpc) is 1.33. The van der Waals surface area contributed by atoms with Crippen LogP contribution in [0, 0.1) is 18.2 Å². The van der Waals surface area contributed by atoms with E-state index in [9.17, 15) is 0 Å². The first-order valence-corrected chi connectivity index (χ1v) is 40.3. The monoisotopic (exact) mass is 1700 g/mol. The van der Waals surface area contributed by atoms with E-state index in [1.54, 1.807) is 0 Å². The normalized spacial score (nSPS) is 14.8. The molecule has 2 aliphatic heterocycles. The van der Waals surface area contributed by atoms with Crippen molar-refractivity contribution in [2.24, 2.45) is 0 Å². The van der Waals surface area contributed by atoms with Gasteiger partial charge in [-0.1, -0.05) is 304 Å². The molecule has 0 aliphatic carbocycles. The summed E-state index contributed by atoms with van der Waals surface area (Å²) in [6.07, 6.45) is 5.71. The Labute approximate surface area is 705 Å². The number of pyridine rings is 3. The van der Waals surface area contributed by atoms with Crippen LogP contribution in [0.3, 0.4) is 0 Å². The first-order valence-electron chi connectivity index (χ1n) is 40.3. The first kappa shape index (κ1) is 79.5. The van der Waals surface area contributed by atoms with Gasteiger partial charge < -0.3 is 33.6 Å². The predicted molar refractivity (Wildman–Crippen MR) is 481 cm³/mol. The zero-order chi connectivity index (χ0) is 80.5. The van der Waals surface area contributed by atoms with Crippen LogP contribution in [0.25, 0.3) is 156 Å². The van der Waals surface area contributed by atoms with Gasteiger partial charge in [-0.05, 0) is 226 Å². The molecule has 15 aromatic rings. The molecule has 0 bridgehead atoms. The van der Waals surface area contributed by atoms with Crippen LogP contribution in [0.1, 0.15) is 108 Å². The Kier molecular flexibility index (Phi) is 21.5. The Hall–Kier alpha value is -11.3. The SMILES string of the molecule is CC(C)(C)c1ccnc(-c2[c-]cc(-c3ccccc3-c3cc(-c4ccccc4-c4c[c-]c(-c5ccccn5)cc4-c4ccccc4)cc(-c4ccccc4-c4c[c-]c(-c5cc(C(C)(C)C)ccn5)cc4-c4cccc(-c5cccc(B6OC(C)(C)C(C)(C)O6)c5)c4)c3)c(-c3cccc(-c4cccc(B5OC(C)(C)C(C)(C)O5)c4)c3)c2)c1.[Ir+3]. The fourth-order valence-corrected chi connectivity index (χ4v) is 16.0. The Morgan fingerprint density at radius 2 is 0.547 bits per heavy atom. The van der Waals surface area contributed by atoms with E-state index in [2.05, 4.69) is 400 Å². The molecule has 0 atom stereocenters. The van der Waals surface area contributed by atoms with Crippen molar-refractivity contribution in [1.82, 2.24) is 15.0 Å². The van der Waals surface area contributed by atoms with E-state index in [1.807, 2.05) is 30.7 Å². The van der Waals surface area contributed by atoms with Crippen LogP contribution in [-0.4, -0.2) is 51.6 Å². The molecule has 0 N–H and O–H groups in total. The number of hydrogen-bond acceptors (Lipinski definition) is 7. The molecule has 0 radical (unpaired) electrons. The van der Waals surface area contributed by atoms with E-state index in [0.29, 0.717) is 0 Å². The number of nitrogens with zero attached hydrogens (tertiary/aromatic N) is 3. The van der Waals surface area contributed by atoms with Gasteiger partial charge in [-0.3, -0.25) is 0 Å². The molecule has 576 valence electrons. The third kappa shape index (κ3) is 16.0. The Bertz CT molecular complexity index is 5920. The summed E-state index contributed by atoms with van der Waals surface area (Å²) < 4.78 is 26.5. The first-order chi connectivity index (χ1) is 55.7. The molecule has 5 heterocycles. The van der Waals surface area contributed by atoms with Gasteiger partial charge in [0.25, 0.3) is 0 Å². The summed E-state index contributed by atoms with van der Waals surface area (Å²) in [6, 6.07) is 119. The van der Waals surface area contributed by atoms with Crippen LogP contribution in [0.15, 0.2) is 316 Å². The molecule has 2 saturated heterocycles. The van der Waals surface area contributed by atoms with Gasteiger partial charge in [0, 0.05) is 18.6 Å². The standard InChI is InChI=1S/C107H94B2N3O4.Ir/c1-102(2,3)83-53-56-111-100(68-83)78-48-51-94(97(66-78)75-36-26-32-71(58-75)73-34-28-38-85(63-73)108-113-104(7,8)105(9,10)114-108)91-44-22-19-41-88(91)81-60-80(87-40-18-21-43-90(87)93-50-47-77(99-46-24-25-55-110-99)65-96(93)70-30-16-15-17-31-70)61-82(62-81)89-42-20-23-45-92(89)95-52-49-79(101-69-84(54-57-112-101)103(4,5)6)67-98(95)76-37-27-33-72(59-76)74-35-29-39-86(64-74)109-115-106(11,12)107(13,14)116-109;/h15-46,50-69H,1-14H3;/q-3;+3. The van der Waals surface area contributed by atoms with Crippen molar-refractivity contribution in [2.75, 3.05) is 0 Å². The Morgan fingerprint density at radius 1 is 0.248 bits per heavy atom. The van der Waals surface area contributed by atoms with Gasteiger partial charge in [-0.25, -0.2) is 0 Å². The summed E-state index contributed by atoms with van der Waals surface area (Å²) in [4.78, 5) is 14.9. The quantitative estimate of drug-likeness (QED) is 0.0705. The van der Waals surface area contributed by atoms with Crippen LogP contribution in [0.5, 0.6) is 0 Å². The maximum atomic E-state index is 6.63. The van der Waals surface area contributed by atoms with E-state index in [1.165, 1.54) is 11.1 Å². The number of rotatable bonds is 16. The number of hydrogen-bond donors (Lipinski definition) is 0. The third-order valence-electron chi connectivity index (χ3n) is 24.0. The van der Waals surface area contributed by atoms with Gasteiger partial charge in [0.1, 0.15) is 0 Å². The maximum absolute atomic E-state index is 6.63. The second kappa shape index (κ2) is 31.6. The van der Waals surface area contributed by atoms with Crippen molar-refractivity contribution in [3.05, 3.63) is 345 Å². The smallest absolute Gasteiger partial charge is 0.399 e. The topological polar surface area (TPSA) is 75.6 Å². The van der Waals surface area contributed by atoms with Crippen LogP contribution in [-0.2, 0) is 49.6 Å². The second-order valence-corrected chi connectivity index (χ2v) is 35.0. The van der Waals surface area contributed by atoms with Crippen molar-refractivity contribution < 1.29 is 38.7 Å². The van der Waals surface area contributed by atoms with E-state index in [4.69, 9.17) is 33.6 Å². The van der Waals surface area contributed by atoms with Crippen LogP contribution >= 0.6 is 0 Å².